The molecule has 0 aliphatic heterocycles. The second-order valence-electron chi connectivity index (χ2n) is 29.4. The fraction of sp³-hybridized carbons (Fsp3) is 0.838. The van der Waals surface area contributed by atoms with Crippen LogP contribution in [0.5, 0.6) is 0 Å². The Bertz CT molecular complexity index is 1460. The topological polar surface area (TPSA) is 0 Å². The Kier molecular flexibility index (Phi) is 35.5. The third-order valence-electron chi connectivity index (χ3n) is 20.1. The molecular formula is C74H136. The van der Waals surface area contributed by atoms with Crippen molar-refractivity contribution >= 4 is 0 Å². The minimum absolute atomic E-state index is 0.856. The Balaban J connectivity index is 0.000000432. The van der Waals surface area contributed by atoms with Crippen LogP contribution in [0.3, 0.4) is 0 Å². The summed E-state index contributed by atoms with van der Waals surface area (Å²) in [6, 6.07) is 0. The van der Waals surface area contributed by atoms with Crippen LogP contribution in [0.2, 0.25) is 0 Å². The van der Waals surface area contributed by atoms with Gasteiger partial charge in [0.15, 0.2) is 0 Å². The van der Waals surface area contributed by atoms with E-state index in [0.29, 0.717) is 0 Å². The average Bonchev–Trinajstić information content (AvgIpc) is 3.30. The van der Waals surface area contributed by atoms with Crippen molar-refractivity contribution in [3.8, 4) is 0 Å². The molecule has 0 N–H and O–H groups in total. The molecule has 0 amide bonds. The van der Waals surface area contributed by atoms with E-state index >= 15 is 0 Å². The van der Waals surface area contributed by atoms with Crippen molar-refractivity contribution in [1.29, 1.82) is 0 Å². The summed E-state index contributed by atoms with van der Waals surface area (Å²) in [6.07, 6.45) is 39.1. The van der Waals surface area contributed by atoms with Crippen molar-refractivity contribution in [1.82, 2.24) is 0 Å². The fourth-order valence-electron chi connectivity index (χ4n) is 14.1. The van der Waals surface area contributed by atoms with Crippen molar-refractivity contribution in [3.05, 3.63) is 69.9 Å². The molecule has 0 bridgehead atoms. The van der Waals surface area contributed by atoms with Gasteiger partial charge in [0.25, 0.3) is 0 Å². The molecule has 0 spiro atoms. The van der Waals surface area contributed by atoms with E-state index < -0.39 is 0 Å². The van der Waals surface area contributed by atoms with Crippen LogP contribution in [0.25, 0.3) is 0 Å². The van der Waals surface area contributed by atoms with E-state index in [1.807, 2.05) is 0 Å². The highest BCUT2D eigenvalue weighted by Gasteiger charge is 2.26. The standard InChI is InChI=1S/4C11H20.C10H20.2C10H18/c4*1-8(2)11-6-5-9(3)7-10(11)4;3*1-8(2)10-6-4-9(3)5-7-10/h4*5,8,10-11H,6-7H2,1-4H3;8-10H,4-7H2,1-3H3;2*4,8,10H,5-7H2,1-3H3/t2*10-,11+;2*10-,11-;;2*10-/m1010.10/s1. The number of hydrogen-bond acceptors (Lipinski definition) is 0. The Morgan fingerprint density at radius 3 is 0.676 bits per heavy atom. The Morgan fingerprint density at radius 2 is 0.500 bits per heavy atom. The second-order valence-corrected chi connectivity index (χ2v) is 29.4. The van der Waals surface area contributed by atoms with Crippen molar-refractivity contribution < 1.29 is 0 Å². The lowest BCUT2D eigenvalue weighted by atomic mass is 9.75. The molecule has 7 aliphatic carbocycles. The third-order valence-corrected chi connectivity index (χ3v) is 20.1. The van der Waals surface area contributed by atoms with E-state index in [1.165, 1.54) is 116 Å². The van der Waals surface area contributed by atoms with Gasteiger partial charge in [0, 0.05) is 0 Å². The summed E-state index contributed by atoms with van der Waals surface area (Å²) in [5.74, 6) is 17.4. The predicted molar refractivity (Wildman–Crippen MR) is 340 cm³/mol. The first kappa shape index (κ1) is 70.5. The maximum absolute atomic E-state index is 2.42. The first-order valence-electron chi connectivity index (χ1n) is 32.5. The van der Waals surface area contributed by atoms with E-state index in [1.54, 1.807) is 33.4 Å². The van der Waals surface area contributed by atoms with Gasteiger partial charge in [0.05, 0.1) is 0 Å². The largest absolute Gasteiger partial charge is 0.0853 e. The molecule has 0 aromatic carbocycles. The minimum atomic E-state index is 0.856. The van der Waals surface area contributed by atoms with Gasteiger partial charge < -0.3 is 0 Å². The van der Waals surface area contributed by atoms with Crippen molar-refractivity contribution in [3.63, 3.8) is 0 Å². The number of rotatable bonds is 7. The maximum atomic E-state index is 2.42. The van der Waals surface area contributed by atoms with E-state index in [4.69, 9.17) is 0 Å². The molecule has 0 heteroatoms. The molecule has 0 aromatic heterocycles. The van der Waals surface area contributed by atoms with Gasteiger partial charge in [-0.1, -0.05) is 214 Å². The van der Waals surface area contributed by atoms with Crippen LogP contribution in [0.1, 0.15) is 289 Å². The summed E-state index contributed by atoms with van der Waals surface area (Å²) in [5, 5.41) is 0. The average molecular weight is 1030 g/mol. The van der Waals surface area contributed by atoms with Crippen molar-refractivity contribution in [2.24, 2.45) is 112 Å². The van der Waals surface area contributed by atoms with E-state index in [2.05, 4.69) is 210 Å². The summed E-state index contributed by atoms with van der Waals surface area (Å²) in [5.41, 5.74) is 9.56. The van der Waals surface area contributed by atoms with Crippen molar-refractivity contribution in [2.75, 3.05) is 0 Å². The molecule has 0 nitrogen and oxygen atoms in total. The van der Waals surface area contributed by atoms with Crippen LogP contribution in [-0.4, -0.2) is 0 Å². The Labute approximate surface area is 468 Å². The molecule has 74 heavy (non-hydrogen) atoms. The van der Waals surface area contributed by atoms with E-state index in [-0.39, 0.29) is 0 Å². The molecule has 0 unspecified atom stereocenters. The highest BCUT2D eigenvalue weighted by Crippen LogP contribution is 2.38. The van der Waals surface area contributed by atoms with Crippen LogP contribution in [0, 0.1) is 112 Å². The molecule has 0 heterocycles. The smallest absolute Gasteiger partial charge is 0.0294 e. The molecule has 10 atom stereocenters. The molecule has 1 fully saturated rings. The summed E-state index contributed by atoms with van der Waals surface area (Å²) >= 11 is 0. The van der Waals surface area contributed by atoms with E-state index in [9.17, 15) is 0 Å². The molecule has 7 rings (SSSR count). The molecular weight excluding hydrogens is 889 g/mol. The van der Waals surface area contributed by atoms with Gasteiger partial charge in [-0.3, -0.25) is 0 Å². The number of allylic oxidation sites excluding steroid dienone is 12. The zero-order valence-electron chi connectivity index (χ0n) is 55.2. The molecule has 1 saturated carbocycles. The summed E-state index contributed by atoms with van der Waals surface area (Å²) in [7, 11) is 0. The van der Waals surface area contributed by atoms with Crippen LogP contribution >= 0.6 is 0 Å². The van der Waals surface area contributed by atoms with Crippen molar-refractivity contribution in [2.45, 2.75) is 289 Å². The zero-order chi connectivity index (χ0) is 56.4. The first-order valence-corrected chi connectivity index (χ1v) is 32.5. The van der Waals surface area contributed by atoms with Gasteiger partial charge in [-0.05, 0) is 257 Å². The third kappa shape index (κ3) is 28.9. The molecule has 432 valence electrons. The van der Waals surface area contributed by atoms with Gasteiger partial charge in [-0.25, -0.2) is 0 Å². The first-order chi connectivity index (χ1) is 34.5. The monoisotopic (exact) mass is 1030 g/mol. The highest BCUT2D eigenvalue weighted by molar-refractivity contribution is 5.08. The minimum Gasteiger partial charge on any atom is -0.0853 e. The number of hydrogen-bond donors (Lipinski definition) is 0. The van der Waals surface area contributed by atoms with Gasteiger partial charge in [0.2, 0.25) is 0 Å². The fourth-order valence-corrected chi connectivity index (χ4v) is 14.1. The van der Waals surface area contributed by atoms with Crippen LogP contribution in [0.15, 0.2) is 69.9 Å². The summed E-state index contributed by atoms with van der Waals surface area (Å²) in [4.78, 5) is 0. The van der Waals surface area contributed by atoms with E-state index in [0.717, 1.165) is 112 Å². The molecule has 0 aromatic rings. The van der Waals surface area contributed by atoms with Gasteiger partial charge in [0.1, 0.15) is 0 Å². The van der Waals surface area contributed by atoms with Crippen LogP contribution in [-0.2, 0) is 0 Å². The lowest BCUT2D eigenvalue weighted by molar-refractivity contribution is 0.234. The Morgan fingerprint density at radius 1 is 0.270 bits per heavy atom. The Hall–Kier alpha value is -1.56. The lowest BCUT2D eigenvalue weighted by Gasteiger charge is -2.30. The quantitative estimate of drug-likeness (QED) is 0.223. The van der Waals surface area contributed by atoms with Gasteiger partial charge in [-0.2, -0.15) is 0 Å². The maximum Gasteiger partial charge on any atom is -0.0294 e. The summed E-state index contributed by atoms with van der Waals surface area (Å²) < 4.78 is 0. The molecule has 0 saturated heterocycles. The van der Waals surface area contributed by atoms with Crippen LogP contribution < -0.4 is 0 Å². The molecule has 7 aliphatic rings. The van der Waals surface area contributed by atoms with Crippen LogP contribution in [0.4, 0.5) is 0 Å². The lowest BCUT2D eigenvalue weighted by Crippen LogP contribution is -2.20. The summed E-state index contributed by atoms with van der Waals surface area (Å²) in [6.45, 7) is 58.3. The van der Waals surface area contributed by atoms with Gasteiger partial charge in [-0.15, -0.1) is 0 Å². The second kappa shape index (κ2) is 37.3. The zero-order valence-corrected chi connectivity index (χ0v) is 55.2. The molecule has 0 radical (unpaired) electrons. The normalized spacial score (nSPS) is 31.1. The highest BCUT2D eigenvalue weighted by atomic mass is 14.3. The SMILES string of the molecule is CC1=CC[C@@H](C(C)C)CC1.CC1=CC[C@@H](C(C)C)[C@@H](C)C1.CC1=CC[C@@H](C(C)C)[C@H](C)C1.CC1=CC[C@H](C(C)C)CC1.CC1=CC[C@H](C(C)C)[C@@H](C)C1.CC1=CC[C@H](C(C)C)[C@H](C)C1.CC1CCC(C(C)C)CC1. The predicted octanol–water partition coefficient (Wildman–Crippen LogP) is 24.8. The van der Waals surface area contributed by atoms with Gasteiger partial charge >= 0.3 is 0 Å².